The number of ether oxygens (including phenoxy) is 1. The van der Waals surface area contributed by atoms with Crippen molar-refractivity contribution in [2.24, 2.45) is 5.92 Å². The first-order valence-electron chi connectivity index (χ1n) is 10.9. The molecule has 0 saturated heterocycles. The van der Waals surface area contributed by atoms with Crippen molar-refractivity contribution in [3.63, 3.8) is 0 Å². The Morgan fingerprint density at radius 3 is 2.85 bits per heavy atom. The highest BCUT2D eigenvalue weighted by molar-refractivity contribution is 6.30. The number of aromatic nitrogens is 2. The lowest BCUT2D eigenvalue weighted by Gasteiger charge is -2.20. The van der Waals surface area contributed by atoms with Crippen LogP contribution in [0.5, 0.6) is 17.2 Å². The molecule has 6 rings (SSSR count). The fraction of sp³-hybridized carbons (Fsp3) is 0.250. The van der Waals surface area contributed by atoms with Gasteiger partial charge in [0.2, 0.25) is 5.91 Å². The maximum Gasteiger partial charge on any atom is 0.320 e. The Hall–Kier alpha value is -3.85. The first-order chi connectivity index (χ1) is 16.4. The lowest BCUT2D eigenvalue weighted by atomic mass is 9.99. The smallest absolute Gasteiger partial charge is 0.320 e. The van der Waals surface area contributed by atoms with Crippen molar-refractivity contribution in [2.45, 2.75) is 30.7 Å². The molecule has 1 aliphatic heterocycles. The van der Waals surface area contributed by atoms with Gasteiger partial charge in [-0.15, -0.1) is 0 Å². The van der Waals surface area contributed by atoms with E-state index in [0.717, 1.165) is 17.5 Å². The van der Waals surface area contributed by atoms with E-state index in [1.807, 2.05) is 0 Å². The number of anilines is 2. The summed E-state index contributed by atoms with van der Waals surface area (Å²) in [5.74, 6) is 2.41. The number of benzene rings is 1. The fourth-order valence-electron chi connectivity index (χ4n) is 4.78. The Morgan fingerprint density at radius 2 is 2.03 bits per heavy atom. The van der Waals surface area contributed by atoms with E-state index in [1.54, 1.807) is 42.6 Å². The van der Waals surface area contributed by atoms with E-state index >= 15 is 0 Å². The summed E-state index contributed by atoms with van der Waals surface area (Å²) in [6.07, 6.45) is 4.87. The molecule has 4 N–H and O–H groups in total. The van der Waals surface area contributed by atoms with Gasteiger partial charge in [-0.25, -0.2) is 14.8 Å². The minimum atomic E-state index is -0.376. The van der Waals surface area contributed by atoms with E-state index < -0.39 is 0 Å². The van der Waals surface area contributed by atoms with Crippen molar-refractivity contribution in [2.75, 3.05) is 10.6 Å². The molecule has 9 nitrogen and oxygen atoms in total. The number of pyridine rings is 2. The van der Waals surface area contributed by atoms with E-state index in [4.69, 9.17) is 16.3 Å². The molecule has 3 amide bonds. The Bertz CT molecular complexity index is 1350. The fourth-order valence-corrected chi connectivity index (χ4v) is 4.94. The van der Waals surface area contributed by atoms with E-state index in [1.165, 1.54) is 6.20 Å². The van der Waals surface area contributed by atoms with Crippen LogP contribution in [0.2, 0.25) is 5.02 Å². The molecule has 2 saturated carbocycles. The molecular weight excluding hydrogens is 458 g/mol. The van der Waals surface area contributed by atoms with Gasteiger partial charge in [-0.3, -0.25) is 10.1 Å². The van der Waals surface area contributed by atoms with Crippen molar-refractivity contribution in [3.8, 4) is 17.2 Å². The van der Waals surface area contributed by atoms with Crippen LogP contribution in [0.4, 0.5) is 16.4 Å². The van der Waals surface area contributed by atoms with E-state index in [9.17, 15) is 14.7 Å². The van der Waals surface area contributed by atoms with Gasteiger partial charge in [0.05, 0.1) is 5.54 Å². The number of aromatic hydroxyl groups is 1. The molecule has 3 atom stereocenters. The largest absolute Gasteiger partial charge is 0.508 e. The summed E-state index contributed by atoms with van der Waals surface area (Å²) in [4.78, 5) is 32.5. The van der Waals surface area contributed by atoms with Gasteiger partial charge < -0.3 is 20.5 Å². The average Bonchev–Trinajstić information content (AvgIpc) is 3.65. The highest BCUT2D eigenvalue weighted by Crippen LogP contribution is 2.77. The molecule has 3 aromatic rings. The van der Waals surface area contributed by atoms with Crippen LogP contribution >= 0.6 is 11.6 Å². The Morgan fingerprint density at radius 1 is 1.18 bits per heavy atom. The summed E-state index contributed by atoms with van der Waals surface area (Å²) >= 11 is 5.95. The van der Waals surface area contributed by atoms with Gasteiger partial charge in [-0.1, -0.05) is 11.6 Å². The third-order valence-corrected chi connectivity index (χ3v) is 6.89. The van der Waals surface area contributed by atoms with Crippen LogP contribution in [-0.2, 0) is 11.2 Å². The number of carbonyl (C=O) groups excluding carboxylic acids is 2. The number of hydrogen-bond donors (Lipinski definition) is 4. The Balaban J connectivity index is 1.17. The van der Waals surface area contributed by atoms with Gasteiger partial charge in [-0.05, 0) is 55.2 Å². The predicted octanol–water partition coefficient (Wildman–Crippen LogP) is 4.19. The molecule has 0 spiro atoms. The van der Waals surface area contributed by atoms with Crippen molar-refractivity contribution < 1.29 is 19.4 Å². The molecule has 3 heterocycles. The minimum Gasteiger partial charge on any atom is -0.508 e. The normalized spacial score (nSPS) is 23.7. The molecule has 1 aromatic carbocycles. The highest BCUT2D eigenvalue weighted by Gasteiger charge is 2.80. The average molecular weight is 478 g/mol. The monoisotopic (exact) mass is 477 g/mol. The van der Waals surface area contributed by atoms with Gasteiger partial charge in [-0.2, -0.15) is 0 Å². The van der Waals surface area contributed by atoms with Crippen molar-refractivity contribution in [1.29, 1.82) is 0 Å². The Labute approximate surface area is 199 Å². The van der Waals surface area contributed by atoms with Crippen LogP contribution in [0.3, 0.4) is 0 Å². The van der Waals surface area contributed by atoms with Gasteiger partial charge in [0.15, 0.2) is 0 Å². The number of nitrogens with zero attached hydrogens (tertiary/aromatic N) is 2. The van der Waals surface area contributed by atoms with Crippen LogP contribution in [0.15, 0.2) is 48.8 Å². The maximum absolute atomic E-state index is 12.5. The number of rotatable bonds is 5. The molecule has 1 unspecified atom stereocenters. The third kappa shape index (κ3) is 3.58. The van der Waals surface area contributed by atoms with Gasteiger partial charge in [0, 0.05) is 40.9 Å². The van der Waals surface area contributed by atoms with E-state index in [2.05, 4.69) is 25.9 Å². The minimum absolute atomic E-state index is 0.000219. The first-order valence-corrected chi connectivity index (χ1v) is 11.3. The first kappa shape index (κ1) is 20.7. The van der Waals surface area contributed by atoms with Crippen molar-refractivity contribution in [1.82, 2.24) is 15.3 Å². The lowest BCUT2D eigenvalue weighted by Crippen LogP contribution is -2.36. The molecule has 10 heteroatoms. The molecule has 0 radical (unpaired) electrons. The zero-order valence-electron chi connectivity index (χ0n) is 17.8. The number of fused-ring (bicyclic) bond motifs is 2. The predicted molar refractivity (Wildman–Crippen MR) is 124 cm³/mol. The van der Waals surface area contributed by atoms with Gasteiger partial charge >= 0.3 is 6.03 Å². The van der Waals surface area contributed by atoms with Crippen molar-refractivity contribution >= 4 is 35.2 Å². The topological polar surface area (TPSA) is 125 Å². The zero-order chi connectivity index (χ0) is 23.4. The van der Waals surface area contributed by atoms with Crippen LogP contribution in [0.1, 0.15) is 29.9 Å². The van der Waals surface area contributed by atoms with E-state index in [0.29, 0.717) is 41.0 Å². The molecule has 3 aliphatic rings. The molecule has 2 fully saturated rings. The quantitative estimate of drug-likeness (QED) is 0.436. The number of hydrogen-bond acceptors (Lipinski definition) is 6. The Kier molecular flexibility index (Phi) is 4.63. The van der Waals surface area contributed by atoms with E-state index in [-0.39, 0.29) is 35.1 Å². The summed E-state index contributed by atoms with van der Waals surface area (Å²) in [6.45, 7) is 0. The molecular formula is C24H20ClN5O4. The number of phenolic OH excluding ortho intramolecular Hbond substituents is 1. The third-order valence-electron chi connectivity index (χ3n) is 6.65. The summed E-state index contributed by atoms with van der Waals surface area (Å²) < 4.78 is 6.12. The summed E-state index contributed by atoms with van der Waals surface area (Å²) in [6, 6.07) is 9.70. The van der Waals surface area contributed by atoms with Gasteiger partial charge in [0.25, 0.3) is 0 Å². The van der Waals surface area contributed by atoms with Crippen LogP contribution in [-0.4, -0.2) is 32.6 Å². The second-order valence-corrected chi connectivity index (χ2v) is 9.21. The number of phenols is 1. The van der Waals surface area contributed by atoms with Crippen LogP contribution in [0.25, 0.3) is 0 Å². The lowest BCUT2D eigenvalue weighted by molar-refractivity contribution is -0.116. The van der Waals surface area contributed by atoms with Crippen LogP contribution < -0.4 is 20.7 Å². The number of urea groups is 1. The van der Waals surface area contributed by atoms with Crippen molar-refractivity contribution in [3.05, 3.63) is 64.9 Å². The highest BCUT2D eigenvalue weighted by atomic mass is 35.5. The summed E-state index contributed by atoms with van der Waals surface area (Å²) in [7, 11) is 0. The van der Waals surface area contributed by atoms with Gasteiger partial charge in [0.1, 0.15) is 28.9 Å². The summed E-state index contributed by atoms with van der Waals surface area (Å²) in [5.41, 5.74) is 1.19. The molecule has 2 aromatic heterocycles. The zero-order valence-corrected chi connectivity index (χ0v) is 18.6. The SMILES string of the molecule is O=C1CCc2c(Oc3ccc(O)c([C@@H]4[C@@H]5CC45NC(=O)Nc4cc(Cl)ccn4)c3)ccnc2N1. The summed E-state index contributed by atoms with van der Waals surface area (Å²) in [5, 5.41) is 19.5. The molecule has 2 aliphatic carbocycles. The molecule has 172 valence electrons. The maximum atomic E-state index is 12.5. The second-order valence-electron chi connectivity index (χ2n) is 8.77. The second kappa shape index (κ2) is 7.59. The molecule has 34 heavy (non-hydrogen) atoms. The molecule has 0 bridgehead atoms. The number of carbonyl (C=O) groups is 2. The number of halogens is 1. The number of nitrogens with one attached hydrogen (secondary N) is 3. The van der Waals surface area contributed by atoms with Crippen LogP contribution in [0, 0.1) is 5.92 Å². The number of amides is 3. The standard InChI is InChI=1S/C24H20ClN5O4/c25-12-5-7-26-19(9-12)28-23(33)30-24-11-16(24)21(24)15-10-13(1-3-17(15)31)34-18-6-8-27-22-14(18)2-4-20(32)29-22/h1,3,5-10,16,21,31H,2,4,11H2,(H,27,29,32)(H2,26,28,30,33)/t16-,21+,24?/m0/s1.